The molecule has 0 saturated carbocycles. The first-order chi connectivity index (χ1) is 9.70. The first kappa shape index (κ1) is 15.3. The van der Waals surface area contributed by atoms with Crippen molar-refractivity contribution in [1.82, 2.24) is 0 Å². The Morgan fingerprint density at radius 3 is 2.85 bits per heavy atom. The molecule has 1 fully saturated rings. The summed E-state index contributed by atoms with van der Waals surface area (Å²) in [5, 5.41) is 0. The van der Waals surface area contributed by atoms with Crippen molar-refractivity contribution in [1.29, 1.82) is 0 Å². The van der Waals surface area contributed by atoms with Crippen LogP contribution in [0.2, 0.25) is 0 Å². The van der Waals surface area contributed by atoms with E-state index < -0.39 is 0 Å². The Bertz CT molecular complexity index is 401. The van der Waals surface area contributed by atoms with Crippen LogP contribution in [0, 0.1) is 11.8 Å². The molecule has 20 heavy (non-hydrogen) atoms. The van der Waals surface area contributed by atoms with E-state index >= 15 is 0 Å². The third kappa shape index (κ3) is 4.19. The summed E-state index contributed by atoms with van der Waals surface area (Å²) >= 11 is 0. The largest absolute Gasteiger partial charge is 0.376 e. The Morgan fingerprint density at radius 1 is 1.40 bits per heavy atom. The second-order valence-electron chi connectivity index (χ2n) is 5.94. The van der Waals surface area contributed by atoms with Crippen molar-refractivity contribution in [2.75, 3.05) is 6.61 Å². The average Bonchev–Trinajstić information content (AvgIpc) is 2.81. The quantitative estimate of drug-likeness (QED) is 0.693. The van der Waals surface area contributed by atoms with Crippen molar-refractivity contribution in [3.63, 3.8) is 0 Å². The predicted molar refractivity (Wildman–Crippen MR) is 82.5 cm³/mol. The zero-order valence-electron chi connectivity index (χ0n) is 12.6. The molecule has 2 nitrogen and oxygen atoms in total. The lowest BCUT2D eigenvalue weighted by Crippen LogP contribution is -2.27. The van der Waals surface area contributed by atoms with E-state index in [-0.39, 0.29) is 0 Å². The Kier molecular flexibility index (Phi) is 5.81. The van der Waals surface area contributed by atoms with Crippen molar-refractivity contribution >= 4 is 0 Å². The lowest BCUT2D eigenvalue weighted by atomic mass is 9.92. The lowest BCUT2D eigenvalue weighted by molar-refractivity contribution is -0.0267. The number of ether oxygens (including phenoxy) is 2. The molecule has 0 N–H and O–H groups in total. The molecule has 0 radical (unpaired) electrons. The normalized spacial score (nSPS) is 27.4. The van der Waals surface area contributed by atoms with Gasteiger partial charge in [0.25, 0.3) is 0 Å². The molecule has 1 saturated heterocycles. The van der Waals surface area contributed by atoms with Gasteiger partial charge >= 0.3 is 0 Å². The van der Waals surface area contributed by atoms with E-state index in [2.05, 4.69) is 32.6 Å². The van der Waals surface area contributed by atoms with Gasteiger partial charge in [-0.15, -0.1) is 6.58 Å². The molecule has 110 valence electrons. The van der Waals surface area contributed by atoms with Crippen LogP contribution < -0.4 is 0 Å². The standard InChI is InChI=1S/C18H26O2/c1-4-8-17-11-14(2)18(20-17)15(3)12-19-13-16-9-6-5-7-10-16/h4-7,9-10,14-15,17-18H,1,8,11-13H2,2-3H3/t14-,15+,17-,18-/m1/s1. The van der Waals surface area contributed by atoms with Crippen LogP contribution >= 0.6 is 0 Å². The summed E-state index contributed by atoms with van der Waals surface area (Å²) < 4.78 is 12.0. The second kappa shape index (κ2) is 7.61. The minimum Gasteiger partial charge on any atom is -0.376 e. The summed E-state index contributed by atoms with van der Waals surface area (Å²) in [6.45, 7) is 9.74. The topological polar surface area (TPSA) is 18.5 Å². The molecule has 0 unspecified atom stereocenters. The fourth-order valence-electron chi connectivity index (χ4n) is 3.03. The fourth-order valence-corrected chi connectivity index (χ4v) is 3.03. The van der Waals surface area contributed by atoms with Gasteiger partial charge in [-0.05, 0) is 24.3 Å². The van der Waals surface area contributed by atoms with Crippen molar-refractivity contribution in [2.45, 2.75) is 45.5 Å². The average molecular weight is 274 g/mol. The Balaban J connectivity index is 1.74. The number of rotatable bonds is 7. The molecule has 0 spiro atoms. The van der Waals surface area contributed by atoms with E-state index in [9.17, 15) is 0 Å². The third-order valence-electron chi connectivity index (χ3n) is 4.03. The van der Waals surface area contributed by atoms with Crippen molar-refractivity contribution < 1.29 is 9.47 Å². The molecule has 1 aromatic carbocycles. The summed E-state index contributed by atoms with van der Waals surface area (Å²) in [6, 6.07) is 10.3. The summed E-state index contributed by atoms with van der Waals surface area (Å²) in [6.07, 6.45) is 4.72. The summed E-state index contributed by atoms with van der Waals surface area (Å²) in [5.41, 5.74) is 1.23. The van der Waals surface area contributed by atoms with Gasteiger partial charge in [0.1, 0.15) is 0 Å². The van der Waals surface area contributed by atoms with Gasteiger partial charge in [-0.1, -0.05) is 50.3 Å². The van der Waals surface area contributed by atoms with Crippen LogP contribution in [0.5, 0.6) is 0 Å². The van der Waals surface area contributed by atoms with E-state index in [0.717, 1.165) is 19.4 Å². The molecule has 1 heterocycles. The van der Waals surface area contributed by atoms with Crippen molar-refractivity contribution in [3.05, 3.63) is 48.6 Å². The maximum atomic E-state index is 6.13. The molecule has 2 rings (SSSR count). The second-order valence-corrected chi connectivity index (χ2v) is 5.94. The maximum Gasteiger partial charge on any atom is 0.0717 e. The third-order valence-corrected chi connectivity index (χ3v) is 4.03. The molecular formula is C18H26O2. The van der Waals surface area contributed by atoms with Gasteiger partial charge in [-0.25, -0.2) is 0 Å². The van der Waals surface area contributed by atoms with Crippen LogP contribution in [-0.2, 0) is 16.1 Å². The molecule has 1 aromatic rings. The van der Waals surface area contributed by atoms with Gasteiger partial charge in [-0.2, -0.15) is 0 Å². The zero-order chi connectivity index (χ0) is 14.4. The van der Waals surface area contributed by atoms with Crippen molar-refractivity contribution in [3.8, 4) is 0 Å². The van der Waals surface area contributed by atoms with E-state index in [1.807, 2.05) is 24.3 Å². The van der Waals surface area contributed by atoms with Crippen molar-refractivity contribution in [2.24, 2.45) is 11.8 Å². The molecular weight excluding hydrogens is 248 g/mol. The van der Waals surface area contributed by atoms with E-state index in [0.29, 0.717) is 30.7 Å². The van der Waals surface area contributed by atoms with E-state index in [1.54, 1.807) is 0 Å². The minimum atomic E-state index is 0.315. The Morgan fingerprint density at radius 2 is 2.15 bits per heavy atom. The van der Waals surface area contributed by atoms with Crippen LogP contribution in [0.15, 0.2) is 43.0 Å². The lowest BCUT2D eigenvalue weighted by Gasteiger charge is -2.23. The highest BCUT2D eigenvalue weighted by molar-refractivity contribution is 5.13. The van der Waals surface area contributed by atoms with Gasteiger partial charge in [0.05, 0.1) is 25.4 Å². The van der Waals surface area contributed by atoms with E-state index in [4.69, 9.17) is 9.47 Å². The first-order valence-electron chi connectivity index (χ1n) is 7.58. The van der Waals surface area contributed by atoms with Crippen LogP contribution in [-0.4, -0.2) is 18.8 Å². The highest BCUT2D eigenvalue weighted by Crippen LogP contribution is 2.32. The molecule has 0 aromatic heterocycles. The van der Waals surface area contributed by atoms with Gasteiger partial charge in [0, 0.05) is 5.92 Å². The minimum absolute atomic E-state index is 0.315. The summed E-state index contributed by atoms with van der Waals surface area (Å²) in [7, 11) is 0. The molecule has 0 bridgehead atoms. The van der Waals surface area contributed by atoms with Crippen LogP contribution in [0.25, 0.3) is 0 Å². The number of hydrogen-bond acceptors (Lipinski definition) is 2. The number of benzene rings is 1. The van der Waals surface area contributed by atoms with Crippen LogP contribution in [0.3, 0.4) is 0 Å². The Labute approximate surface area is 122 Å². The summed E-state index contributed by atoms with van der Waals surface area (Å²) in [5.74, 6) is 1.04. The fraction of sp³-hybridized carbons (Fsp3) is 0.556. The van der Waals surface area contributed by atoms with E-state index in [1.165, 1.54) is 5.56 Å². The van der Waals surface area contributed by atoms with Gasteiger partial charge in [0.2, 0.25) is 0 Å². The van der Waals surface area contributed by atoms with Gasteiger partial charge in [0.15, 0.2) is 0 Å². The smallest absolute Gasteiger partial charge is 0.0717 e. The van der Waals surface area contributed by atoms with Crippen LogP contribution in [0.1, 0.15) is 32.3 Å². The molecule has 0 amide bonds. The predicted octanol–water partition coefficient (Wildman–Crippen LogP) is 4.21. The summed E-state index contributed by atoms with van der Waals surface area (Å²) in [4.78, 5) is 0. The highest BCUT2D eigenvalue weighted by Gasteiger charge is 2.34. The van der Waals surface area contributed by atoms with Gasteiger partial charge in [-0.3, -0.25) is 0 Å². The Hall–Kier alpha value is -1.12. The number of hydrogen-bond donors (Lipinski definition) is 0. The molecule has 0 aliphatic carbocycles. The molecule has 4 atom stereocenters. The zero-order valence-corrected chi connectivity index (χ0v) is 12.6. The van der Waals surface area contributed by atoms with Gasteiger partial charge < -0.3 is 9.47 Å². The molecule has 1 aliphatic rings. The molecule has 2 heteroatoms. The first-order valence-corrected chi connectivity index (χ1v) is 7.58. The highest BCUT2D eigenvalue weighted by atomic mass is 16.5. The monoisotopic (exact) mass is 274 g/mol. The molecule has 1 aliphatic heterocycles. The maximum absolute atomic E-state index is 6.13. The van der Waals surface area contributed by atoms with Crippen LogP contribution in [0.4, 0.5) is 0 Å². The SMILES string of the molecule is C=CC[C@@H]1C[C@@H](C)[C@H]([C@@H](C)COCc2ccccc2)O1.